The van der Waals surface area contributed by atoms with Crippen LogP contribution >= 0.6 is 0 Å². The van der Waals surface area contributed by atoms with Crippen molar-refractivity contribution in [2.24, 2.45) is 0 Å². The lowest BCUT2D eigenvalue weighted by Gasteiger charge is -2.02. The number of rotatable bonds is 9. The predicted molar refractivity (Wildman–Crippen MR) is 65.3 cm³/mol. The van der Waals surface area contributed by atoms with Crippen molar-refractivity contribution < 1.29 is 4.74 Å². The van der Waals surface area contributed by atoms with E-state index in [4.69, 9.17) is 4.74 Å². The van der Waals surface area contributed by atoms with E-state index in [1.807, 2.05) is 17.8 Å². The van der Waals surface area contributed by atoms with Gasteiger partial charge in [0.1, 0.15) is 0 Å². The van der Waals surface area contributed by atoms with Crippen LogP contribution in [0, 0.1) is 0 Å². The molecule has 0 atom stereocenters. The summed E-state index contributed by atoms with van der Waals surface area (Å²) in [5.74, 6) is 0. The largest absolute Gasteiger partial charge is 0.382 e. The van der Waals surface area contributed by atoms with E-state index in [1.165, 1.54) is 0 Å². The first-order chi connectivity index (χ1) is 7.86. The Balaban J connectivity index is 2.17. The average molecular weight is 225 g/mol. The molecule has 0 saturated carbocycles. The molecule has 0 aromatic carbocycles. The zero-order chi connectivity index (χ0) is 11.6. The third kappa shape index (κ3) is 5.28. The lowest BCUT2D eigenvalue weighted by molar-refractivity contribution is 0.140. The first-order valence-electron chi connectivity index (χ1n) is 6.17. The third-order valence-corrected chi connectivity index (χ3v) is 2.31. The molecule has 4 heteroatoms. The van der Waals surface area contributed by atoms with Crippen LogP contribution in [0.15, 0.2) is 12.3 Å². The first-order valence-corrected chi connectivity index (χ1v) is 6.17. The molecule has 0 amide bonds. The molecule has 1 heterocycles. The second kappa shape index (κ2) is 8.30. The number of nitrogens with zero attached hydrogens (tertiary/aromatic N) is 2. The Kier molecular flexibility index (Phi) is 6.85. The number of aryl methyl sites for hydroxylation is 1. The van der Waals surface area contributed by atoms with E-state index in [-0.39, 0.29) is 0 Å². The van der Waals surface area contributed by atoms with Crippen LogP contribution in [0.3, 0.4) is 0 Å². The molecule has 1 aromatic rings. The molecule has 0 bridgehead atoms. The van der Waals surface area contributed by atoms with Gasteiger partial charge in [-0.25, -0.2) is 0 Å². The second-order valence-corrected chi connectivity index (χ2v) is 3.80. The maximum Gasteiger partial charge on any atom is 0.0762 e. The minimum absolute atomic E-state index is 0.797. The highest BCUT2D eigenvalue weighted by atomic mass is 16.5. The maximum atomic E-state index is 5.29. The standard InChI is InChI=1S/C12H23N3O/c1-3-7-13-11-12-6-9-15(14-12)8-5-10-16-4-2/h6,9,13H,3-5,7-8,10-11H2,1-2H3. The van der Waals surface area contributed by atoms with Gasteiger partial charge in [-0.2, -0.15) is 5.10 Å². The van der Waals surface area contributed by atoms with Crippen LogP contribution in [0.2, 0.25) is 0 Å². The number of ether oxygens (including phenoxy) is 1. The summed E-state index contributed by atoms with van der Waals surface area (Å²) in [7, 11) is 0. The number of hydrogen-bond acceptors (Lipinski definition) is 3. The van der Waals surface area contributed by atoms with Crippen molar-refractivity contribution in [3.8, 4) is 0 Å². The molecule has 1 aromatic heterocycles. The van der Waals surface area contributed by atoms with Gasteiger partial charge in [0.15, 0.2) is 0 Å². The molecule has 16 heavy (non-hydrogen) atoms. The van der Waals surface area contributed by atoms with E-state index in [1.54, 1.807) is 0 Å². The molecule has 0 spiro atoms. The van der Waals surface area contributed by atoms with Crippen LogP contribution in [0.4, 0.5) is 0 Å². The normalized spacial score (nSPS) is 10.9. The molecule has 0 aliphatic carbocycles. The third-order valence-electron chi connectivity index (χ3n) is 2.31. The predicted octanol–water partition coefficient (Wildman–Crippen LogP) is 1.81. The Bertz CT molecular complexity index is 273. The van der Waals surface area contributed by atoms with Gasteiger partial charge in [-0.15, -0.1) is 0 Å². The number of nitrogens with one attached hydrogen (secondary N) is 1. The van der Waals surface area contributed by atoms with Gasteiger partial charge < -0.3 is 10.1 Å². The van der Waals surface area contributed by atoms with Crippen LogP contribution in [0.5, 0.6) is 0 Å². The summed E-state index contributed by atoms with van der Waals surface area (Å²) < 4.78 is 7.28. The van der Waals surface area contributed by atoms with Gasteiger partial charge in [0.2, 0.25) is 0 Å². The molecule has 0 saturated heterocycles. The van der Waals surface area contributed by atoms with Crippen molar-refractivity contribution in [2.45, 2.75) is 39.8 Å². The molecule has 92 valence electrons. The minimum Gasteiger partial charge on any atom is -0.382 e. The van der Waals surface area contributed by atoms with Crippen molar-refractivity contribution in [3.63, 3.8) is 0 Å². The number of hydrogen-bond donors (Lipinski definition) is 1. The van der Waals surface area contributed by atoms with Gasteiger partial charge in [0.05, 0.1) is 5.69 Å². The summed E-state index contributed by atoms with van der Waals surface area (Å²) in [5, 5.41) is 7.82. The fourth-order valence-electron chi connectivity index (χ4n) is 1.49. The molecule has 0 radical (unpaired) electrons. The summed E-state index contributed by atoms with van der Waals surface area (Å²) in [5.41, 5.74) is 1.12. The van der Waals surface area contributed by atoms with Crippen LogP contribution in [-0.4, -0.2) is 29.5 Å². The van der Waals surface area contributed by atoms with Gasteiger partial charge in [-0.3, -0.25) is 4.68 Å². The van der Waals surface area contributed by atoms with E-state index < -0.39 is 0 Å². The molecule has 0 unspecified atom stereocenters. The van der Waals surface area contributed by atoms with Crippen molar-refractivity contribution in [2.75, 3.05) is 19.8 Å². The average Bonchev–Trinajstić information content (AvgIpc) is 2.73. The molecular formula is C12H23N3O. The molecular weight excluding hydrogens is 202 g/mol. The Morgan fingerprint density at radius 3 is 3.06 bits per heavy atom. The maximum absolute atomic E-state index is 5.29. The van der Waals surface area contributed by atoms with E-state index in [2.05, 4.69) is 23.4 Å². The summed E-state index contributed by atoms with van der Waals surface area (Å²) in [6.07, 6.45) is 4.22. The molecule has 1 N–H and O–H groups in total. The lowest BCUT2D eigenvalue weighted by atomic mass is 10.4. The molecule has 0 aliphatic heterocycles. The Labute approximate surface area is 98.0 Å². The lowest BCUT2D eigenvalue weighted by Crippen LogP contribution is -2.14. The van der Waals surface area contributed by atoms with Crippen LogP contribution in [0.1, 0.15) is 32.4 Å². The van der Waals surface area contributed by atoms with E-state index in [0.29, 0.717) is 0 Å². The Hall–Kier alpha value is -0.870. The highest BCUT2D eigenvalue weighted by molar-refractivity contribution is 4.98. The first kappa shape index (κ1) is 13.2. The van der Waals surface area contributed by atoms with Gasteiger partial charge in [0.25, 0.3) is 0 Å². The quantitative estimate of drug-likeness (QED) is 0.651. The van der Waals surface area contributed by atoms with Gasteiger partial charge in [-0.1, -0.05) is 6.92 Å². The van der Waals surface area contributed by atoms with Crippen molar-refractivity contribution in [3.05, 3.63) is 18.0 Å². The highest BCUT2D eigenvalue weighted by Crippen LogP contribution is 1.97. The minimum atomic E-state index is 0.797. The molecule has 1 rings (SSSR count). The number of aromatic nitrogens is 2. The van der Waals surface area contributed by atoms with Gasteiger partial charge >= 0.3 is 0 Å². The smallest absolute Gasteiger partial charge is 0.0762 e. The molecule has 4 nitrogen and oxygen atoms in total. The van der Waals surface area contributed by atoms with Gasteiger partial charge in [0, 0.05) is 32.5 Å². The fourth-order valence-corrected chi connectivity index (χ4v) is 1.49. The van der Waals surface area contributed by atoms with Crippen LogP contribution in [0.25, 0.3) is 0 Å². The molecule has 0 fully saturated rings. The van der Waals surface area contributed by atoms with E-state index in [9.17, 15) is 0 Å². The monoisotopic (exact) mass is 225 g/mol. The van der Waals surface area contributed by atoms with E-state index in [0.717, 1.165) is 51.4 Å². The van der Waals surface area contributed by atoms with Crippen molar-refractivity contribution in [1.29, 1.82) is 0 Å². The van der Waals surface area contributed by atoms with Crippen LogP contribution in [-0.2, 0) is 17.8 Å². The Morgan fingerprint density at radius 2 is 2.31 bits per heavy atom. The SMILES string of the molecule is CCCNCc1ccn(CCCOCC)n1. The second-order valence-electron chi connectivity index (χ2n) is 3.80. The van der Waals surface area contributed by atoms with Crippen LogP contribution < -0.4 is 5.32 Å². The van der Waals surface area contributed by atoms with E-state index >= 15 is 0 Å². The zero-order valence-electron chi connectivity index (χ0n) is 10.4. The summed E-state index contributed by atoms with van der Waals surface area (Å²) in [4.78, 5) is 0. The summed E-state index contributed by atoms with van der Waals surface area (Å²) >= 11 is 0. The van der Waals surface area contributed by atoms with Crippen molar-refractivity contribution in [1.82, 2.24) is 15.1 Å². The summed E-state index contributed by atoms with van der Waals surface area (Å²) in [6.45, 7) is 8.66. The molecule has 0 aliphatic rings. The van der Waals surface area contributed by atoms with Crippen molar-refractivity contribution >= 4 is 0 Å². The topological polar surface area (TPSA) is 39.1 Å². The Morgan fingerprint density at radius 1 is 1.44 bits per heavy atom. The van der Waals surface area contributed by atoms with Gasteiger partial charge in [-0.05, 0) is 32.4 Å². The summed E-state index contributed by atoms with van der Waals surface area (Å²) in [6, 6.07) is 2.07. The zero-order valence-corrected chi connectivity index (χ0v) is 10.4. The fraction of sp³-hybridized carbons (Fsp3) is 0.750. The highest BCUT2D eigenvalue weighted by Gasteiger charge is 1.98.